The Bertz CT molecular complexity index is 938. The number of hydrogen-bond acceptors (Lipinski definition) is 6. The summed E-state index contributed by atoms with van der Waals surface area (Å²) >= 11 is 7.15. The second kappa shape index (κ2) is 7.31. The highest BCUT2D eigenvalue weighted by Gasteiger charge is 2.31. The van der Waals surface area contributed by atoms with E-state index in [9.17, 15) is 23.3 Å². The molecular weight excluding hydrogens is 402 g/mol. The maximum absolute atomic E-state index is 12.6. The Balaban J connectivity index is 1.70. The molecule has 0 aliphatic carbocycles. The highest BCUT2D eigenvalue weighted by molar-refractivity contribution is 7.91. The van der Waals surface area contributed by atoms with E-state index in [0.29, 0.717) is 0 Å². The van der Waals surface area contributed by atoms with Gasteiger partial charge in [-0.2, -0.15) is 4.31 Å². The van der Waals surface area contributed by atoms with Crippen molar-refractivity contribution in [1.29, 1.82) is 0 Å². The molecule has 2 aromatic rings. The summed E-state index contributed by atoms with van der Waals surface area (Å²) in [6.07, 6.45) is 0. The van der Waals surface area contributed by atoms with Gasteiger partial charge in [-0.15, -0.1) is 11.3 Å². The molecule has 0 bridgehead atoms. The molecule has 0 saturated carbocycles. The van der Waals surface area contributed by atoms with E-state index in [-0.39, 0.29) is 52.6 Å². The predicted molar refractivity (Wildman–Crippen MR) is 97.1 cm³/mol. The van der Waals surface area contributed by atoms with Crippen LogP contribution in [0.5, 0.6) is 0 Å². The lowest BCUT2D eigenvalue weighted by Gasteiger charge is -2.33. The van der Waals surface area contributed by atoms with E-state index in [4.69, 9.17) is 11.6 Å². The number of amides is 1. The number of benzene rings is 1. The summed E-state index contributed by atoms with van der Waals surface area (Å²) in [5, 5.41) is 12.4. The Morgan fingerprint density at radius 2 is 1.88 bits per heavy atom. The molecule has 1 aliphatic heterocycles. The number of non-ortho nitro benzene ring substituents is 1. The molecule has 8 nitrogen and oxygen atoms in total. The van der Waals surface area contributed by atoms with E-state index in [1.807, 2.05) is 0 Å². The maximum atomic E-state index is 12.6. The average molecular weight is 416 g/mol. The largest absolute Gasteiger partial charge is 0.336 e. The van der Waals surface area contributed by atoms with Gasteiger partial charge in [-0.3, -0.25) is 14.9 Å². The van der Waals surface area contributed by atoms with Crippen LogP contribution in [0.4, 0.5) is 5.69 Å². The number of carbonyl (C=O) groups is 1. The molecule has 26 heavy (non-hydrogen) atoms. The molecule has 0 radical (unpaired) electrons. The second-order valence-electron chi connectivity index (χ2n) is 5.55. The molecule has 1 saturated heterocycles. The van der Waals surface area contributed by atoms with Crippen LogP contribution in [0.15, 0.2) is 39.9 Å². The number of hydrogen-bond donors (Lipinski definition) is 0. The fraction of sp³-hybridized carbons (Fsp3) is 0.267. The van der Waals surface area contributed by atoms with Gasteiger partial charge in [0.05, 0.1) is 15.5 Å². The minimum atomic E-state index is -3.54. The first kappa shape index (κ1) is 18.8. The third kappa shape index (κ3) is 3.58. The number of thiophene rings is 1. The van der Waals surface area contributed by atoms with Crippen molar-refractivity contribution in [2.24, 2.45) is 0 Å². The summed E-state index contributed by atoms with van der Waals surface area (Å²) in [6, 6.07) is 6.89. The number of nitro groups is 1. The number of nitrogens with zero attached hydrogens (tertiary/aromatic N) is 3. The third-order valence-corrected chi connectivity index (χ3v) is 7.59. The van der Waals surface area contributed by atoms with E-state index < -0.39 is 14.9 Å². The van der Waals surface area contributed by atoms with Gasteiger partial charge in [0, 0.05) is 38.3 Å². The van der Waals surface area contributed by atoms with Gasteiger partial charge in [0.1, 0.15) is 4.21 Å². The van der Waals surface area contributed by atoms with Crippen LogP contribution >= 0.6 is 22.9 Å². The van der Waals surface area contributed by atoms with E-state index in [1.165, 1.54) is 21.3 Å². The van der Waals surface area contributed by atoms with Crippen LogP contribution in [0.3, 0.4) is 0 Å². The van der Waals surface area contributed by atoms with Gasteiger partial charge in [0.2, 0.25) is 0 Å². The molecule has 11 heteroatoms. The van der Waals surface area contributed by atoms with Crippen LogP contribution in [0.2, 0.25) is 5.02 Å². The monoisotopic (exact) mass is 415 g/mol. The highest BCUT2D eigenvalue weighted by atomic mass is 35.5. The lowest BCUT2D eigenvalue weighted by molar-refractivity contribution is -0.384. The quantitative estimate of drug-likeness (QED) is 0.564. The summed E-state index contributed by atoms with van der Waals surface area (Å²) in [5.41, 5.74) is -0.0368. The fourth-order valence-corrected chi connectivity index (χ4v) is 5.45. The average Bonchev–Trinajstić information content (AvgIpc) is 3.16. The maximum Gasteiger partial charge on any atom is 0.270 e. The van der Waals surface area contributed by atoms with Gasteiger partial charge in [-0.05, 0) is 17.5 Å². The normalized spacial score (nSPS) is 15.8. The number of carbonyl (C=O) groups excluding carboxylic acids is 1. The summed E-state index contributed by atoms with van der Waals surface area (Å²) in [7, 11) is -3.54. The molecule has 2 heterocycles. The van der Waals surface area contributed by atoms with Gasteiger partial charge in [0.15, 0.2) is 0 Å². The van der Waals surface area contributed by atoms with Crippen LogP contribution < -0.4 is 0 Å². The van der Waals surface area contributed by atoms with E-state index in [2.05, 4.69) is 0 Å². The minimum absolute atomic E-state index is 0.00200. The van der Waals surface area contributed by atoms with Crippen molar-refractivity contribution in [3.05, 3.63) is 56.4 Å². The van der Waals surface area contributed by atoms with Gasteiger partial charge in [0.25, 0.3) is 21.6 Å². The second-order valence-corrected chi connectivity index (χ2v) is 9.07. The van der Waals surface area contributed by atoms with Crippen molar-refractivity contribution in [2.75, 3.05) is 26.2 Å². The van der Waals surface area contributed by atoms with Crippen LogP contribution in [-0.2, 0) is 10.0 Å². The van der Waals surface area contributed by atoms with Gasteiger partial charge >= 0.3 is 0 Å². The zero-order valence-corrected chi connectivity index (χ0v) is 15.8. The zero-order chi connectivity index (χ0) is 18.9. The molecular formula is C15H14ClN3O5S2. The summed E-state index contributed by atoms with van der Waals surface area (Å²) in [4.78, 5) is 24.3. The van der Waals surface area contributed by atoms with Crippen molar-refractivity contribution in [3.63, 3.8) is 0 Å². The molecule has 1 aromatic carbocycles. The van der Waals surface area contributed by atoms with Crippen LogP contribution in [-0.4, -0.2) is 54.6 Å². The lowest BCUT2D eigenvalue weighted by Crippen LogP contribution is -2.50. The number of sulfonamides is 1. The standard InChI is InChI=1S/C15H14ClN3O5S2/c16-13-10-11(19(21)22)3-4-12(13)15(20)17-5-7-18(8-6-17)26(23,24)14-2-1-9-25-14/h1-4,9-10H,5-8H2. The van der Waals surface area contributed by atoms with Crippen molar-refractivity contribution < 1.29 is 18.1 Å². The van der Waals surface area contributed by atoms with E-state index in [0.717, 1.165) is 17.4 Å². The Morgan fingerprint density at radius 3 is 2.42 bits per heavy atom. The number of rotatable bonds is 4. The fourth-order valence-electron chi connectivity index (χ4n) is 2.63. The number of piperazine rings is 1. The Kier molecular flexibility index (Phi) is 5.28. The van der Waals surface area contributed by atoms with Crippen LogP contribution in [0.25, 0.3) is 0 Å². The highest BCUT2D eigenvalue weighted by Crippen LogP contribution is 2.25. The molecule has 0 N–H and O–H groups in total. The van der Waals surface area contributed by atoms with Crippen LogP contribution in [0, 0.1) is 10.1 Å². The lowest BCUT2D eigenvalue weighted by atomic mass is 10.1. The molecule has 1 fully saturated rings. The number of nitro benzene ring substituents is 1. The molecule has 0 atom stereocenters. The van der Waals surface area contributed by atoms with Crippen LogP contribution in [0.1, 0.15) is 10.4 Å². The molecule has 1 aromatic heterocycles. The van der Waals surface area contributed by atoms with Gasteiger partial charge in [-0.1, -0.05) is 17.7 Å². The van der Waals surface area contributed by atoms with E-state index >= 15 is 0 Å². The molecule has 0 unspecified atom stereocenters. The zero-order valence-electron chi connectivity index (χ0n) is 13.4. The van der Waals surface area contributed by atoms with Gasteiger partial charge < -0.3 is 4.90 Å². The minimum Gasteiger partial charge on any atom is -0.336 e. The molecule has 1 aliphatic rings. The van der Waals surface area contributed by atoms with Crippen molar-refractivity contribution >= 4 is 44.6 Å². The summed E-state index contributed by atoms with van der Waals surface area (Å²) in [5.74, 6) is -0.377. The molecule has 138 valence electrons. The Morgan fingerprint density at radius 1 is 1.19 bits per heavy atom. The summed E-state index contributed by atoms with van der Waals surface area (Å²) < 4.78 is 26.6. The Hall–Kier alpha value is -2.01. The molecule has 0 spiro atoms. The first-order chi connectivity index (χ1) is 12.3. The number of halogens is 1. The molecule has 3 rings (SSSR count). The third-order valence-electron chi connectivity index (χ3n) is 4.01. The first-order valence-corrected chi connectivity index (χ1v) is 10.3. The predicted octanol–water partition coefficient (Wildman–Crippen LogP) is 2.46. The Labute approximate surface area is 158 Å². The first-order valence-electron chi connectivity index (χ1n) is 7.57. The van der Waals surface area contributed by atoms with Crippen molar-refractivity contribution in [2.45, 2.75) is 4.21 Å². The SMILES string of the molecule is O=C(c1ccc([N+](=O)[O-])cc1Cl)N1CCN(S(=O)(=O)c2cccs2)CC1. The summed E-state index contributed by atoms with van der Waals surface area (Å²) in [6.45, 7) is 0.792. The van der Waals surface area contributed by atoms with E-state index in [1.54, 1.807) is 17.5 Å². The van der Waals surface area contributed by atoms with Crippen molar-refractivity contribution in [3.8, 4) is 0 Å². The smallest absolute Gasteiger partial charge is 0.270 e. The van der Waals surface area contributed by atoms with Gasteiger partial charge in [-0.25, -0.2) is 8.42 Å². The molecule has 1 amide bonds. The van der Waals surface area contributed by atoms with Crippen molar-refractivity contribution in [1.82, 2.24) is 9.21 Å². The topological polar surface area (TPSA) is 101 Å².